The number of aromatic nitrogens is 6. The van der Waals surface area contributed by atoms with Crippen molar-refractivity contribution in [2.75, 3.05) is 52.4 Å². The smallest absolute Gasteiger partial charge is 0.0946 e. The van der Waals surface area contributed by atoms with Crippen molar-refractivity contribution in [3.8, 4) is 0 Å². The summed E-state index contributed by atoms with van der Waals surface area (Å²) in [6, 6.07) is 33.3. The van der Waals surface area contributed by atoms with E-state index in [1.165, 1.54) is 159 Å². The standard InChI is InChI=1S/C19H27N3.2C18H25N3/c1-2-7-18(8-3-1)9-6-14-22-13-5-4-10-19(22)11-15-21-16-12-20-17-21;1-2-6-17(7-3-1)8-4-11-20-12-5-9-18(14-20)15-21-13-10-19-16-21;1-2-5-17(6-3-1)7-4-11-20-12-8-18(9-13-20)15-21-14-10-19-16-21/h1-3,7-8,12,16-17,19H,4-6,9-11,13-15H2;1-3,6-7,10,13,16,18H,4-5,8-9,11-12,14-15H2;1-3,5-6,10,14,16,18H,4,7-9,11-13,15H2. The van der Waals surface area contributed by atoms with Crippen LogP contribution in [0.15, 0.2) is 147 Å². The Labute approximate surface area is 385 Å². The number of hydrogen-bond acceptors (Lipinski definition) is 6. The second-order valence-electron chi connectivity index (χ2n) is 18.7. The fourth-order valence-electron chi connectivity index (χ4n) is 10.1. The monoisotopic (exact) mass is 864 g/mol. The fraction of sp³-hybridized carbons (Fsp3) is 0.509. The molecule has 3 saturated heterocycles. The van der Waals surface area contributed by atoms with Gasteiger partial charge in [-0.05, 0) is 158 Å². The number of hydrogen-bond donors (Lipinski definition) is 0. The Kier molecular flexibility index (Phi) is 20.2. The van der Waals surface area contributed by atoms with E-state index in [1.54, 1.807) is 0 Å². The molecule has 3 fully saturated rings. The first-order chi connectivity index (χ1) is 31.7. The minimum absolute atomic E-state index is 0.756. The highest BCUT2D eigenvalue weighted by atomic mass is 15.2. The van der Waals surface area contributed by atoms with Crippen LogP contribution in [-0.2, 0) is 38.9 Å². The number of aryl methyl sites for hydroxylation is 4. The minimum atomic E-state index is 0.756. The summed E-state index contributed by atoms with van der Waals surface area (Å²) in [5, 5.41) is 0. The van der Waals surface area contributed by atoms with Gasteiger partial charge in [0.15, 0.2) is 0 Å². The molecule has 6 heterocycles. The van der Waals surface area contributed by atoms with E-state index >= 15 is 0 Å². The topological polar surface area (TPSA) is 63.2 Å². The molecule has 0 bridgehead atoms. The highest BCUT2D eigenvalue weighted by molar-refractivity contribution is 5.16. The maximum absolute atomic E-state index is 4.14. The molecule has 2 atom stereocenters. The molecule has 0 N–H and O–H groups in total. The van der Waals surface area contributed by atoms with E-state index in [0.29, 0.717) is 0 Å². The van der Waals surface area contributed by atoms with Crippen LogP contribution >= 0.6 is 0 Å². The maximum Gasteiger partial charge on any atom is 0.0946 e. The van der Waals surface area contributed by atoms with Gasteiger partial charge in [-0.25, -0.2) is 15.0 Å². The molecule has 9 rings (SSSR count). The quantitative estimate of drug-likeness (QED) is 0.0809. The normalized spacial score (nSPS) is 18.8. The Hall–Kier alpha value is -4.83. The lowest BCUT2D eigenvalue weighted by Gasteiger charge is -2.36. The Morgan fingerprint density at radius 2 is 0.953 bits per heavy atom. The summed E-state index contributed by atoms with van der Waals surface area (Å²) in [6.45, 7) is 13.4. The molecule has 0 radical (unpaired) electrons. The van der Waals surface area contributed by atoms with Crippen molar-refractivity contribution in [1.29, 1.82) is 0 Å². The highest BCUT2D eigenvalue weighted by Crippen LogP contribution is 2.22. The molecule has 3 aliphatic heterocycles. The van der Waals surface area contributed by atoms with Gasteiger partial charge in [-0.15, -0.1) is 0 Å². The lowest BCUT2D eigenvalue weighted by Crippen LogP contribution is -2.40. The van der Waals surface area contributed by atoms with Crippen LogP contribution in [0.3, 0.4) is 0 Å². The second-order valence-corrected chi connectivity index (χ2v) is 18.7. The van der Waals surface area contributed by atoms with Crippen molar-refractivity contribution in [3.63, 3.8) is 0 Å². The van der Waals surface area contributed by atoms with Crippen LogP contribution in [0.5, 0.6) is 0 Å². The molecule has 6 aromatic rings. The van der Waals surface area contributed by atoms with Gasteiger partial charge in [-0.2, -0.15) is 0 Å². The fourth-order valence-corrected chi connectivity index (χ4v) is 10.1. The van der Waals surface area contributed by atoms with Gasteiger partial charge in [0, 0.05) is 69.4 Å². The number of likely N-dealkylation sites (tertiary alicyclic amines) is 3. The Balaban J connectivity index is 0.000000144. The molecule has 2 unspecified atom stereocenters. The SMILES string of the molecule is c1ccc(CCCN2CCC(Cn3ccnc3)CC2)cc1.c1ccc(CCCN2CCCC(Cn3ccnc3)C2)cc1.c1ccc(CCCN2CCCCC2CCn2ccnc2)cc1. The molecular formula is C55H77N9. The predicted molar refractivity (Wildman–Crippen MR) is 263 cm³/mol. The zero-order valence-electron chi connectivity index (χ0n) is 38.8. The molecule has 3 aromatic heterocycles. The van der Waals surface area contributed by atoms with Crippen LogP contribution in [0.2, 0.25) is 0 Å². The summed E-state index contributed by atoms with van der Waals surface area (Å²) >= 11 is 0. The van der Waals surface area contributed by atoms with Gasteiger partial charge >= 0.3 is 0 Å². The lowest BCUT2D eigenvalue weighted by atomic mass is 9.96. The molecule has 0 amide bonds. The first-order valence-corrected chi connectivity index (χ1v) is 24.9. The van der Waals surface area contributed by atoms with E-state index < -0.39 is 0 Å². The summed E-state index contributed by atoms with van der Waals surface area (Å²) in [6.07, 6.45) is 35.8. The number of piperidine rings is 3. The minimum Gasteiger partial charge on any atom is -0.337 e. The average molecular weight is 864 g/mol. The van der Waals surface area contributed by atoms with Crippen LogP contribution in [0.4, 0.5) is 0 Å². The van der Waals surface area contributed by atoms with Gasteiger partial charge in [0.25, 0.3) is 0 Å². The van der Waals surface area contributed by atoms with Crippen LogP contribution in [0, 0.1) is 11.8 Å². The third kappa shape index (κ3) is 17.3. The maximum atomic E-state index is 4.14. The summed E-state index contributed by atoms with van der Waals surface area (Å²) in [5.74, 6) is 1.61. The van der Waals surface area contributed by atoms with Crippen molar-refractivity contribution >= 4 is 0 Å². The van der Waals surface area contributed by atoms with Crippen LogP contribution < -0.4 is 0 Å². The molecular weight excluding hydrogens is 787 g/mol. The Morgan fingerprint density at radius 1 is 0.438 bits per heavy atom. The van der Waals surface area contributed by atoms with E-state index in [-0.39, 0.29) is 0 Å². The van der Waals surface area contributed by atoms with Gasteiger partial charge < -0.3 is 28.4 Å². The Morgan fingerprint density at radius 3 is 1.50 bits per heavy atom. The molecule has 3 aliphatic rings. The van der Waals surface area contributed by atoms with Crippen molar-refractivity contribution in [2.45, 2.75) is 116 Å². The number of rotatable bonds is 19. The van der Waals surface area contributed by atoms with Gasteiger partial charge in [-0.3, -0.25) is 0 Å². The Bertz CT molecular complexity index is 1990. The average Bonchev–Trinajstić information content (AvgIpc) is 4.18. The molecule has 3 aromatic carbocycles. The number of imidazole rings is 3. The van der Waals surface area contributed by atoms with E-state index in [4.69, 9.17) is 0 Å². The molecule has 342 valence electrons. The van der Waals surface area contributed by atoms with Gasteiger partial charge in [-0.1, -0.05) is 97.4 Å². The van der Waals surface area contributed by atoms with Crippen molar-refractivity contribution in [3.05, 3.63) is 164 Å². The molecule has 0 spiro atoms. The van der Waals surface area contributed by atoms with E-state index in [0.717, 1.165) is 37.5 Å². The zero-order valence-corrected chi connectivity index (χ0v) is 38.8. The van der Waals surface area contributed by atoms with Crippen LogP contribution in [0.1, 0.15) is 87.3 Å². The third-order valence-electron chi connectivity index (χ3n) is 13.7. The summed E-state index contributed by atoms with van der Waals surface area (Å²) in [5.41, 5.74) is 4.39. The molecule has 0 aliphatic carbocycles. The number of nitrogens with zero attached hydrogens (tertiary/aromatic N) is 9. The molecule has 9 heteroatoms. The second kappa shape index (κ2) is 27.5. The summed E-state index contributed by atoms with van der Waals surface area (Å²) in [4.78, 5) is 20.4. The van der Waals surface area contributed by atoms with Crippen molar-refractivity contribution in [1.82, 2.24) is 43.4 Å². The summed E-state index contributed by atoms with van der Waals surface area (Å²) < 4.78 is 6.64. The zero-order chi connectivity index (χ0) is 43.7. The third-order valence-corrected chi connectivity index (χ3v) is 13.7. The molecule has 9 nitrogen and oxygen atoms in total. The van der Waals surface area contributed by atoms with Gasteiger partial charge in [0.05, 0.1) is 19.0 Å². The van der Waals surface area contributed by atoms with Gasteiger partial charge in [0.1, 0.15) is 0 Å². The number of benzene rings is 3. The van der Waals surface area contributed by atoms with E-state index in [2.05, 4.69) is 153 Å². The van der Waals surface area contributed by atoms with Crippen molar-refractivity contribution in [2.24, 2.45) is 11.8 Å². The van der Waals surface area contributed by atoms with Crippen LogP contribution in [0.25, 0.3) is 0 Å². The molecule has 0 saturated carbocycles. The van der Waals surface area contributed by atoms with Crippen molar-refractivity contribution < 1.29 is 0 Å². The largest absolute Gasteiger partial charge is 0.337 e. The first-order valence-electron chi connectivity index (χ1n) is 24.9. The summed E-state index contributed by atoms with van der Waals surface area (Å²) in [7, 11) is 0. The van der Waals surface area contributed by atoms with E-state index in [9.17, 15) is 0 Å². The molecule has 64 heavy (non-hydrogen) atoms. The predicted octanol–water partition coefficient (Wildman–Crippen LogP) is 10.2. The lowest BCUT2D eigenvalue weighted by molar-refractivity contribution is 0.134. The highest BCUT2D eigenvalue weighted by Gasteiger charge is 2.22. The van der Waals surface area contributed by atoms with Crippen LogP contribution in [-0.4, -0.2) is 102 Å². The van der Waals surface area contributed by atoms with E-state index in [1.807, 2.05) is 37.6 Å². The first kappa shape index (κ1) is 47.1. The van der Waals surface area contributed by atoms with Gasteiger partial charge in [0.2, 0.25) is 0 Å².